The molecule has 2 aromatic rings. The van der Waals surface area contributed by atoms with Crippen molar-refractivity contribution < 1.29 is 4.74 Å². The van der Waals surface area contributed by atoms with E-state index in [1.807, 2.05) is 11.3 Å². The van der Waals surface area contributed by atoms with Crippen LogP contribution in [0.25, 0.3) is 0 Å². The van der Waals surface area contributed by atoms with Gasteiger partial charge < -0.3 is 10.1 Å². The van der Waals surface area contributed by atoms with Crippen LogP contribution in [0, 0.1) is 20.8 Å². The molecule has 4 heteroatoms. The summed E-state index contributed by atoms with van der Waals surface area (Å²) in [4.78, 5) is 6.19. The van der Waals surface area contributed by atoms with Crippen LogP contribution in [0.1, 0.15) is 38.7 Å². The van der Waals surface area contributed by atoms with Crippen LogP contribution in [0.2, 0.25) is 0 Å². The van der Waals surface area contributed by atoms with Gasteiger partial charge in [-0.05, 0) is 43.9 Å². The highest BCUT2D eigenvalue weighted by molar-refractivity contribution is 7.11. The van der Waals surface area contributed by atoms with Crippen molar-refractivity contribution in [2.24, 2.45) is 0 Å². The Hall–Kier alpha value is -1.39. The molecule has 0 aliphatic carbocycles. The number of aryl methyl sites for hydroxylation is 3. The smallest absolute Gasteiger partial charge is 0.125 e. The largest absolute Gasteiger partial charge is 0.493 e. The number of fused-ring (bicyclic) bond motifs is 1. The minimum Gasteiger partial charge on any atom is -0.493 e. The zero-order valence-electron chi connectivity index (χ0n) is 13.7. The van der Waals surface area contributed by atoms with Crippen LogP contribution in [-0.4, -0.2) is 18.1 Å². The molecule has 0 atom stereocenters. The molecule has 0 spiro atoms. The number of rotatable bonds is 5. The number of hydrogen-bond acceptors (Lipinski definition) is 4. The van der Waals surface area contributed by atoms with Gasteiger partial charge in [0.25, 0.3) is 0 Å². The maximum Gasteiger partial charge on any atom is 0.125 e. The first-order valence-electron chi connectivity index (χ1n) is 8.03. The Morgan fingerprint density at radius 1 is 1.23 bits per heavy atom. The maximum absolute atomic E-state index is 6.04. The highest BCUT2D eigenvalue weighted by Gasteiger charge is 2.14. The van der Waals surface area contributed by atoms with Crippen LogP contribution in [0.4, 0.5) is 0 Å². The van der Waals surface area contributed by atoms with Gasteiger partial charge in [0.2, 0.25) is 0 Å². The Bertz CT molecular complexity index is 640. The fraction of sp³-hybridized carbons (Fsp3) is 0.500. The highest BCUT2D eigenvalue weighted by atomic mass is 32.1. The summed E-state index contributed by atoms with van der Waals surface area (Å²) in [7, 11) is 0. The van der Waals surface area contributed by atoms with E-state index in [9.17, 15) is 0 Å². The Morgan fingerprint density at radius 2 is 2.05 bits per heavy atom. The van der Waals surface area contributed by atoms with Gasteiger partial charge in [-0.3, -0.25) is 0 Å². The Kier molecular flexibility index (Phi) is 4.79. The van der Waals surface area contributed by atoms with Crippen LogP contribution in [0.15, 0.2) is 12.1 Å². The first-order chi connectivity index (χ1) is 10.6. The number of thiazole rings is 1. The minimum absolute atomic E-state index is 0.758. The van der Waals surface area contributed by atoms with E-state index in [-0.39, 0.29) is 0 Å². The van der Waals surface area contributed by atoms with Gasteiger partial charge in [0, 0.05) is 30.8 Å². The molecule has 1 aromatic heterocycles. The van der Waals surface area contributed by atoms with Crippen molar-refractivity contribution in [2.45, 2.75) is 46.6 Å². The second-order valence-electron chi connectivity index (χ2n) is 6.01. The molecule has 0 radical (unpaired) electrons. The molecular weight excluding hydrogens is 292 g/mol. The molecule has 22 heavy (non-hydrogen) atoms. The normalized spacial score (nSPS) is 14.0. The first kappa shape index (κ1) is 15.5. The lowest BCUT2D eigenvalue weighted by atomic mass is 10.1. The molecule has 0 fully saturated rings. The quantitative estimate of drug-likeness (QED) is 0.854. The number of hydrogen-bond donors (Lipinski definition) is 1. The van der Waals surface area contributed by atoms with E-state index in [2.05, 4.69) is 38.2 Å². The number of nitrogens with zero attached hydrogens (tertiary/aromatic N) is 1. The number of aromatic nitrogens is 1. The fourth-order valence-electron chi connectivity index (χ4n) is 2.83. The minimum atomic E-state index is 0.758. The molecule has 1 aliphatic rings. The summed E-state index contributed by atoms with van der Waals surface area (Å²) < 4.78 is 6.04. The van der Waals surface area contributed by atoms with Gasteiger partial charge in [-0.15, -0.1) is 11.3 Å². The van der Waals surface area contributed by atoms with Gasteiger partial charge in [-0.1, -0.05) is 12.1 Å². The van der Waals surface area contributed by atoms with Crippen LogP contribution in [0.5, 0.6) is 5.75 Å². The molecule has 1 aliphatic heterocycles. The van der Waals surface area contributed by atoms with Gasteiger partial charge in [0.1, 0.15) is 5.75 Å². The van der Waals surface area contributed by atoms with Crippen molar-refractivity contribution in [1.29, 1.82) is 0 Å². The van der Waals surface area contributed by atoms with Gasteiger partial charge in [0.15, 0.2) is 0 Å². The highest BCUT2D eigenvalue weighted by Crippen LogP contribution is 2.26. The predicted molar refractivity (Wildman–Crippen MR) is 92.0 cm³/mol. The van der Waals surface area contributed by atoms with Gasteiger partial charge in [-0.25, -0.2) is 4.98 Å². The van der Waals surface area contributed by atoms with Crippen molar-refractivity contribution in [3.8, 4) is 5.75 Å². The standard InChI is InChI=1S/C18H24N2OS/c1-12-6-7-13(2)18(14(12)3)21-10-4-5-17-20-15-8-9-19-11-16(15)22-17/h6-7,19H,4-5,8-11H2,1-3H3. The monoisotopic (exact) mass is 316 g/mol. The molecule has 118 valence electrons. The van der Waals surface area contributed by atoms with E-state index in [1.165, 1.54) is 32.3 Å². The second kappa shape index (κ2) is 6.80. The third kappa shape index (κ3) is 3.33. The van der Waals surface area contributed by atoms with Crippen LogP contribution in [-0.2, 0) is 19.4 Å². The predicted octanol–water partition coefficient (Wildman–Crippen LogP) is 3.73. The second-order valence-corrected chi connectivity index (χ2v) is 7.18. The fourth-order valence-corrected chi connectivity index (χ4v) is 3.96. The van der Waals surface area contributed by atoms with E-state index >= 15 is 0 Å². The van der Waals surface area contributed by atoms with Gasteiger partial charge in [0.05, 0.1) is 17.3 Å². The van der Waals surface area contributed by atoms with Crippen molar-refractivity contribution in [3.63, 3.8) is 0 Å². The average Bonchev–Trinajstić information content (AvgIpc) is 2.93. The molecule has 2 heterocycles. The molecule has 0 amide bonds. The maximum atomic E-state index is 6.04. The lowest BCUT2D eigenvalue weighted by molar-refractivity contribution is 0.306. The van der Waals surface area contributed by atoms with Crippen LogP contribution in [0.3, 0.4) is 0 Å². The van der Waals surface area contributed by atoms with Gasteiger partial charge in [-0.2, -0.15) is 0 Å². The summed E-state index contributed by atoms with van der Waals surface area (Å²) in [5.41, 5.74) is 5.08. The van der Waals surface area contributed by atoms with E-state index in [1.54, 1.807) is 0 Å². The SMILES string of the molecule is Cc1ccc(C)c(OCCCc2nc3c(s2)CNCC3)c1C. The number of nitrogens with one attached hydrogen (secondary N) is 1. The third-order valence-corrected chi connectivity index (χ3v) is 5.46. The molecule has 0 bridgehead atoms. The molecule has 3 nitrogen and oxygen atoms in total. The van der Waals surface area contributed by atoms with E-state index < -0.39 is 0 Å². The summed E-state index contributed by atoms with van der Waals surface area (Å²) in [6.07, 6.45) is 3.11. The van der Waals surface area contributed by atoms with Crippen molar-refractivity contribution in [3.05, 3.63) is 44.4 Å². The summed E-state index contributed by atoms with van der Waals surface area (Å²) in [5, 5.41) is 4.67. The Labute approximate surface area is 136 Å². The molecule has 1 aromatic carbocycles. The zero-order valence-corrected chi connectivity index (χ0v) is 14.5. The lowest BCUT2D eigenvalue weighted by Gasteiger charge is -2.13. The Morgan fingerprint density at radius 3 is 2.86 bits per heavy atom. The molecule has 0 saturated heterocycles. The number of ether oxygens (including phenoxy) is 1. The summed E-state index contributed by atoms with van der Waals surface area (Å²) in [6.45, 7) is 9.20. The zero-order chi connectivity index (χ0) is 15.5. The Balaban J connectivity index is 1.54. The topological polar surface area (TPSA) is 34.1 Å². The van der Waals surface area contributed by atoms with E-state index in [0.29, 0.717) is 0 Å². The summed E-state index contributed by atoms with van der Waals surface area (Å²) in [6, 6.07) is 4.30. The average molecular weight is 316 g/mol. The first-order valence-corrected chi connectivity index (χ1v) is 8.84. The molecule has 1 N–H and O–H groups in total. The molecule has 0 unspecified atom stereocenters. The van der Waals surface area contributed by atoms with Crippen LogP contribution < -0.4 is 10.1 Å². The van der Waals surface area contributed by atoms with Crippen molar-refractivity contribution >= 4 is 11.3 Å². The van der Waals surface area contributed by atoms with E-state index in [0.717, 1.165) is 44.7 Å². The van der Waals surface area contributed by atoms with Crippen molar-refractivity contribution in [2.75, 3.05) is 13.2 Å². The molecular formula is C18H24N2OS. The molecule has 0 saturated carbocycles. The third-order valence-electron chi connectivity index (χ3n) is 4.30. The van der Waals surface area contributed by atoms with Crippen LogP contribution >= 0.6 is 11.3 Å². The molecule has 3 rings (SSSR count). The summed E-state index contributed by atoms with van der Waals surface area (Å²) in [5.74, 6) is 1.06. The van der Waals surface area contributed by atoms with Gasteiger partial charge >= 0.3 is 0 Å². The van der Waals surface area contributed by atoms with Crippen molar-refractivity contribution in [1.82, 2.24) is 10.3 Å². The summed E-state index contributed by atoms with van der Waals surface area (Å²) >= 11 is 1.86. The lowest BCUT2D eigenvalue weighted by Crippen LogP contribution is -2.22. The number of benzene rings is 1. The van der Waals surface area contributed by atoms with E-state index in [4.69, 9.17) is 9.72 Å².